The zero-order valence-electron chi connectivity index (χ0n) is 12.0. The van der Waals surface area contributed by atoms with E-state index in [9.17, 15) is 4.79 Å². The number of piperidine rings is 1. The molecule has 1 aliphatic heterocycles. The van der Waals surface area contributed by atoms with Crippen LogP contribution < -0.4 is 5.32 Å². The van der Waals surface area contributed by atoms with Crippen molar-refractivity contribution in [3.63, 3.8) is 0 Å². The highest BCUT2D eigenvalue weighted by Gasteiger charge is 2.30. The summed E-state index contributed by atoms with van der Waals surface area (Å²) in [5.41, 5.74) is 0. The third kappa shape index (κ3) is 3.25. The number of hydrogen-bond donors (Lipinski definition) is 1. The lowest BCUT2D eigenvalue weighted by Crippen LogP contribution is -2.50. The fourth-order valence-electron chi connectivity index (χ4n) is 3.56. The van der Waals surface area contributed by atoms with E-state index in [2.05, 4.69) is 24.2 Å². The van der Waals surface area contributed by atoms with Crippen LogP contribution in [0, 0.1) is 11.8 Å². The average molecular weight is 252 g/mol. The Hall–Kier alpha value is -0.570. The van der Waals surface area contributed by atoms with E-state index in [-0.39, 0.29) is 5.92 Å². The number of nitrogens with zero attached hydrogens (tertiary/aromatic N) is 1. The lowest BCUT2D eigenvalue weighted by atomic mass is 9.83. The molecule has 18 heavy (non-hydrogen) atoms. The van der Waals surface area contributed by atoms with Gasteiger partial charge in [0, 0.05) is 25.0 Å². The summed E-state index contributed by atoms with van der Waals surface area (Å²) < 4.78 is 0. The van der Waals surface area contributed by atoms with Crippen molar-refractivity contribution in [2.45, 2.75) is 57.9 Å². The number of carbonyl (C=O) groups excluding carboxylic acids is 1. The third-order valence-electron chi connectivity index (χ3n) is 4.81. The number of hydrogen-bond acceptors (Lipinski definition) is 2. The van der Waals surface area contributed by atoms with E-state index in [0.717, 1.165) is 25.4 Å². The van der Waals surface area contributed by atoms with Crippen LogP contribution in [0.1, 0.15) is 51.9 Å². The minimum absolute atomic E-state index is 0.239. The Morgan fingerprint density at radius 3 is 2.61 bits per heavy atom. The molecule has 1 aliphatic carbocycles. The van der Waals surface area contributed by atoms with Crippen molar-refractivity contribution >= 4 is 5.91 Å². The van der Waals surface area contributed by atoms with Gasteiger partial charge >= 0.3 is 0 Å². The predicted octanol–water partition coefficient (Wildman–Crippen LogP) is 2.41. The third-order valence-corrected chi connectivity index (χ3v) is 4.81. The molecule has 3 heteroatoms. The van der Waals surface area contributed by atoms with Gasteiger partial charge in [0.15, 0.2) is 0 Å². The van der Waals surface area contributed by atoms with Crippen LogP contribution in [0.4, 0.5) is 0 Å². The first kappa shape index (κ1) is 13.9. The summed E-state index contributed by atoms with van der Waals surface area (Å²) in [4.78, 5) is 14.3. The highest BCUT2D eigenvalue weighted by atomic mass is 16.2. The SMILES string of the molecule is CNC(CN1CCCC(C)C1=O)C1CCCCC1. The second-order valence-corrected chi connectivity index (χ2v) is 6.12. The molecule has 0 bridgehead atoms. The molecule has 0 radical (unpaired) electrons. The largest absolute Gasteiger partial charge is 0.341 e. The van der Waals surface area contributed by atoms with Crippen LogP contribution in [0.3, 0.4) is 0 Å². The average Bonchev–Trinajstić information content (AvgIpc) is 2.41. The maximum absolute atomic E-state index is 12.2. The molecular weight excluding hydrogens is 224 g/mol. The number of carbonyl (C=O) groups is 1. The maximum atomic E-state index is 12.2. The lowest BCUT2D eigenvalue weighted by molar-refractivity contribution is -0.138. The van der Waals surface area contributed by atoms with Crippen molar-refractivity contribution in [3.8, 4) is 0 Å². The molecule has 1 N–H and O–H groups in total. The maximum Gasteiger partial charge on any atom is 0.225 e. The van der Waals surface area contributed by atoms with Gasteiger partial charge in [0.25, 0.3) is 0 Å². The van der Waals surface area contributed by atoms with Crippen LogP contribution in [0.15, 0.2) is 0 Å². The Balaban J connectivity index is 1.90. The van der Waals surface area contributed by atoms with Gasteiger partial charge in [-0.05, 0) is 38.6 Å². The molecule has 2 rings (SSSR count). The van der Waals surface area contributed by atoms with Crippen molar-refractivity contribution in [1.29, 1.82) is 0 Å². The van der Waals surface area contributed by atoms with Gasteiger partial charge in [-0.25, -0.2) is 0 Å². The first-order valence-electron chi connectivity index (χ1n) is 7.68. The Morgan fingerprint density at radius 1 is 1.22 bits per heavy atom. The molecule has 104 valence electrons. The molecule has 0 aromatic heterocycles. The summed E-state index contributed by atoms with van der Waals surface area (Å²) in [7, 11) is 2.05. The van der Waals surface area contributed by atoms with E-state index in [4.69, 9.17) is 0 Å². The zero-order valence-corrected chi connectivity index (χ0v) is 12.0. The molecule has 0 aromatic rings. The first-order chi connectivity index (χ1) is 8.72. The lowest BCUT2D eigenvalue weighted by Gasteiger charge is -2.37. The van der Waals surface area contributed by atoms with E-state index in [1.807, 2.05) is 0 Å². The summed E-state index contributed by atoms with van der Waals surface area (Å²) in [6.45, 7) is 3.96. The molecular formula is C15H28N2O. The van der Waals surface area contributed by atoms with E-state index in [0.29, 0.717) is 11.9 Å². The van der Waals surface area contributed by atoms with Gasteiger partial charge < -0.3 is 10.2 Å². The van der Waals surface area contributed by atoms with Crippen molar-refractivity contribution in [1.82, 2.24) is 10.2 Å². The summed E-state index contributed by atoms with van der Waals surface area (Å²) >= 11 is 0. The summed E-state index contributed by atoms with van der Waals surface area (Å²) in [5.74, 6) is 1.38. The van der Waals surface area contributed by atoms with Gasteiger partial charge in [-0.3, -0.25) is 4.79 Å². The number of amides is 1. The van der Waals surface area contributed by atoms with E-state index < -0.39 is 0 Å². The smallest absolute Gasteiger partial charge is 0.225 e. The van der Waals surface area contributed by atoms with Crippen molar-refractivity contribution in [2.75, 3.05) is 20.1 Å². The van der Waals surface area contributed by atoms with Gasteiger partial charge in [-0.15, -0.1) is 0 Å². The van der Waals surface area contributed by atoms with Crippen LogP contribution in [0.25, 0.3) is 0 Å². The molecule has 1 saturated carbocycles. The molecule has 2 unspecified atom stereocenters. The van der Waals surface area contributed by atoms with Crippen LogP contribution in [0.2, 0.25) is 0 Å². The number of rotatable bonds is 4. The molecule has 2 aliphatic rings. The fraction of sp³-hybridized carbons (Fsp3) is 0.933. The number of likely N-dealkylation sites (tertiary alicyclic amines) is 1. The Kier molecular flexibility index (Phi) is 5.04. The number of nitrogens with one attached hydrogen (secondary N) is 1. The van der Waals surface area contributed by atoms with Crippen molar-refractivity contribution < 1.29 is 4.79 Å². The monoisotopic (exact) mass is 252 g/mol. The quantitative estimate of drug-likeness (QED) is 0.833. The van der Waals surface area contributed by atoms with Crippen molar-refractivity contribution in [2.24, 2.45) is 11.8 Å². The molecule has 0 aromatic carbocycles. The fourth-order valence-corrected chi connectivity index (χ4v) is 3.56. The standard InChI is InChI=1S/C15H28N2O/c1-12-7-6-10-17(15(12)18)11-14(16-2)13-8-4-3-5-9-13/h12-14,16H,3-11H2,1-2H3. The van der Waals surface area contributed by atoms with Gasteiger partial charge in [-0.2, -0.15) is 0 Å². The topological polar surface area (TPSA) is 32.3 Å². The van der Waals surface area contributed by atoms with Gasteiger partial charge in [0.1, 0.15) is 0 Å². The molecule has 0 spiro atoms. The molecule has 3 nitrogen and oxygen atoms in total. The molecule has 2 fully saturated rings. The molecule has 1 heterocycles. The normalized spacial score (nSPS) is 28.4. The van der Waals surface area contributed by atoms with Gasteiger partial charge in [-0.1, -0.05) is 26.2 Å². The zero-order chi connectivity index (χ0) is 13.0. The predicted molar refractivity (Wildman–Crippen MR) is 74.4 cm³/mol. The Bertz CT molecular complexity index is 274. The minimum Gasteiger partial charge on any atom is -0.341 e. The highest BCUT2D eigenvalue weighted by molar-refractivity contribution is 5.79. The Labute approximate surface area is 111 Å². The molecule has 1 saturated heterocycles. The summed E-state index contributed by atoms with van der Waals surface area (Å²) in [5, 5.41) is 3.46. The highest BCUT2D eigenvalue weighted by Crippen LogP contribution is 2.27. The van der Waals surface area contributed by atoms with Crippen LogP contribution >= 0.6 is 0 Å². The number of likely N-dealkylation sites (N-methyl/N-ethyl adjacent to an activating group) is 1. The van der Waals surface area contributed by atoms with Crippen molar-refractivity contribution in [3.05, 3.63) is 0 Å². The van der Waals surface area contributed by atoms with E-state index in [1.54, 1.807) is 0 Å². The van der Waals surface area contributed by atoms with E-state index >= 15 is 0 Å². The second kappa shape index (κ2) is 6.55. The second-order valence-electron chi connectivity index (χ2n) is 6.12. The van der Waals surface area contributed by atoms with Crippen LogP contribution in [-0.2, 0) is 4.79 Å². The van der Waals surface area contributed by atoms with Crippen LogP contribution in [0.5, 0.6) is 0 Å². The summed E-state index contributed by atoms with van der Waals surface area (Å²) in [6, 6.07) is 0.500. The molecule has 2 atom stereocenters. The Morgan fingerprint density at radius 2 is 1.94 bits per heavy atom. The summed E-state index contributed by atoms with van der Waals surface area (Å²) in [6.07, 6.45) is 9.05. The minimum atomic E-state index is 0.239. The van der Waals surface area contributed by atoms with Gasteiger partial charge in [0.2, 0.25) is 5.91 Å². The van der Waals surface area contributed by atoms with Crippen LogP contribution in [-0.4, -0.2) is 37.0 Å². The molecule has 1 amide bonds. The first-order valence-corrected chi connectivity index (χ1v) is 7.68. The van der Waals surface area contributed by atoms with Gasteiger partial charge in [0.05, 0.1) is 0 Å². The van der Waals surface area contributed by atoms with E-state index in [1.165, 1.54) is 38.5 Å².